The number of ether oxygens (including phenoxy) is 1. The van der Waals surface area contributed by atoms with Crippen LogP contribution in [-0.2, 0) is 9.53 Å². The highest BCUT2D eigenvalue weighted by molar-refractivity contribution is 5.71. The highest BCUT2D eigenvalue weighted by Gasteiger charge is 2.24. The number of carbonyl (C=O) groups is 2. The van der Waals surface area contributed by atoms with E-state index < -0.39 is 23.7 Å². The molecule has 2 N–H and O–H groups in total. The first-order valence-corrected chi connectivity index (χ1v) is 6.37. The van der Waals surface area contributed by atoms with Gasteiger partial charge in [0.15, 0.2) is 0 Å². The number of hydrogen-bond acceptors (Lipinski definition) is 3. The van der Waals surface area contributed by atoms with E-state index in [1.807, 2.05) is 13.8 Å². The predicted octanol–water partition coefficient (Wildman–Crippen LogP) is 2.79. The second-order valence-electron chi connectivity index (χ2n) is 5.62. The lowest BCUT2D eigenvalue weighted by molar-refractivity contribution is -0.137. The Hall–Kier alpha value is -1.26. The monoisotopic (exact) mass is 259 g/mol. The van der Waals surface area contributed by atoms with Crippen molar-refractivity contribution in [3.8, 4) is 0 Å². The molecule has 0 heterocycles. The minimum atomic E-state index is -0.918. The van der Waals surface area contributed by atoms with Crippen molar-refractivity contribution in [3.05, 3.63) is 0 Å². The Morgan fingerprint density at radius 3 is 2.28 bits per heavy atom. The summed E-state index contributed by atoms with van der Waals surface area (Å²) in [5.41, 5.74) is -0.578. The summed E-state index contributed by atoms with van der Waals surface area (Å²) in [4.78, 5) is 22.4. The first-order valence-electron chi connectivity index (χ1n) is 6.37. The number of carbonyl (C=O) groups excluding carboxylic acids is 1. The van der Waals surface area contributed by atoms with Crippen molar-refractivity contribution < 1.29 is 19.4 Å². The van der Waals surface area contributed by atoms with Crippen molar-refractivity contribution in [1.82, 2.24) is 5.32 Å². The van der Waals surface area contributed by atoms with Crippen LogP contribution in [0.3, 0.4) is 0 Å². The van der Waals surface area contributed by atoms with Gasteiger partial charge >= 0.3 is 12.1 Å². The molecule has 0 unspecified atom stereocenters. The molecular weight excluding hydrogens is 234 g/mol. The van der Waals surface area contributed by atoms with E-state index >= 15 is 0 Å². The average molecular weight is 259 g/mol. The largest absolute Gasteiger partial charge is 0.481 e. The summed E-state index contributed by atoms with van der Waals surface area (Å²) in [5.74, 6) is -0.808. The Balaban J connectivity index is 4.48. The SMILES string of the molecule is CCC[C@@H](C)[C@H](CC(=O)O)NC(=O)OC(C)(C)C. The number of alkyl carbamates (subject to hydrolysis) is 1. The number of rotatable bonds is 6. The fourth-order valence-corrected chi connectivity index (χ4v) is 1.70. The van der Waals surface area contributed by atoms with Crippen LogP contribution in [0.15, 0.2) is 0 Å². The number of carboxylic acids is 1. The smallest absolute Gasteiger partial charge is 0.407 e. The predicted molar refractivity (Wildman–Crippen MR) is 69.5 cm³/mol. The number of aliphatic carboxylic acids is 1. The third-order valence-electron chi connectivity index (χ3n) is 2.53. The van der Waals surface area contributed by atoms with Gasteiger partial charge in [0.25, 0.3) is 0 Å². The molecule has 0 spiro atoms. The summed E-state index contributed by atoms with van der Waals surface area (Å²) in [6.45, 7) is 9.28. The van der Waals surface area contributed by atoms with Gasteiger partial charge in [-0.25, -0.2) is 4.79 Å². The Kier molecular flexibility index (Phi) is 6.73. The van der Waals surface area contributed by atoms with Gasteiger partial charge < -0.3 is 15.2 Å². The van der Waals surface area contributed by atoms with E-state index in [0.29, 0.717) is 0 Å². The van der Waals surface area contributed by atoms with Crippen molar-refractivity contribution in [2.45, 2.75) is 65.5 Å². The fraction of sp³-hybridized carbons (Fsp3) is 0.846. The Morgan fingerprint density at radius 1 is 1.33 bits per heavy atom. The van der Waals surface area contributed by atoms with E-state index in [1.165, 1.54) is 0 Å². The first-order chi connectivity index (χ1) is 8.15. The molecule has 5 heteroatoms. The third-order valence-corrected chi connectivity index (χ3v) is 2.53. The van der Waals surface area contributed by atoms with Gasteiger partial charge in [0.1, 0.15) is 5.60 Å². The van der Waals surface area contributed by atoms with Crippen LogP contribution in [0.2, 0.25) is 0 Å². The third kappa shape index (κ3) is 7.92. The van der Waals surface area contributed by atoms with E-state index in [-0.39, 0.29) is 12.3 Å². The molecule has 18 heavy (non-hydrogen) atoms. The zero-order valence-corrected chi connectivity index (χ0v) is 11.9. The van der Waals surface area contributed by atoms with Crippen molar-refractivity contribution in [3.63, 3.8) is 0 Å². The molecule has 0 aliphatic carbocycles. The van der Waals surface area contributed by atoms with E-state index in [1.54, 1.807) is 20.8 Å². The van der Waals surface area contributed by atoms with Gasteiger partial charge in [-0.2, -0.15) is 0 Å². The summed E-state index contributed by atoms with van der Waals surface area (Å²) >= 11 is 0. The Labute approximate surface area is 109 Å². The van der Waals surface area contributed by atoms with Crippen LogP contribution < -0.4 is 5.32 Å². The van der Waals surface area contributed by atoms with Crippen LogP contribution >= 0.6 is 0 Å². The molecule has 2 atom stereocenters. The van der Waals surface area contributed by atoms with Crippen LogP contribution in [0.4, 0.5) is 4.79 Å². The second kappa shape index (κ2) is 7.24. The fourth-order valence-electron chi connectivity index (χ4n) is 1.70. The highest BCUT2D eigenvalue weighted by Crippen LogP contribution is 2.15. The molecule has 0 saturated carbocycles. The summed E-state index contributed by atoms with van der Waals surface area (Å²) in [5, 5.41) is 11.5. The number of amides is 1. The van der Waals surface area contributed by atoms with E-state index in [4.69, 9.17) is 9.84 Å². The lowest BCUT2D eigenvalue weighted by atomic mass is 9.94. The maximum Gasteiger partial charge on any atom is 0.407 e. The van der Waals surface area contributed by atoms with Crippen LogP contribution in [0.25, 0.3) is 0 Å². The summed E-state index contributed by atoms with van der Waals surface area (Å²) in [6, 6.07) is -0.391. The molecular formula is C13H25NO4. The summed E-state index contributed by atoms with van der Waals surface area (Å²) < 4.78 is 5.14. The maximum atomic E-state index is 11.6. The second-order valence-corrected chi connectivity index (χ2v) is 5.62. The highest BCUT2D eigenvalue weighted by atomic mass is 16.6. The van der Waals surface area contributed by atoms with Crippen molar-refractivity contribution >= 4 is 12.1 Å². The number of hydrogen-bond donors (Lipinski definition) is 2. The average Bonchev–Trinajstić information content (AvgIpc) is 2.13. The van der Waals surface area contributed by atoms with Gasteiger partial charge in [-0.15, -0.1) is 0 Å². The normalized spacial score (nSPS) is 14.7. The lowest BCUT2D eigenvalue weighted by Gasteiger charge is -2.26. The Morgan fingerprint density at radius 2 is 1.89 bits per heavy atom. The molecule has 0 aliphatic heterocycles. The molecule has 0 aliphatic rings. The van der Waals surface area contributed by atoms with Crippen molar-refractivity contribution in [1.29, 1.82) is 0 Å². The van der Waals surface area contributed by atoms with E-state index in [2.05, 4.69) is 5.32 Å². The molecule has 0 rings (SSSR count). The molecule has 5 nitrogen and oxygen atoms in total. The molecule has 0 aromatic rings. The van der Waals surface area contributed by atoms with E-state index in [0.717, 1.165) is 12.8 Å². The molecule has 0 bridgehead atoms. The lowest BCUT2D eigenvalue weighted by Crippen LogP contribution is -2.43. The molecule has 0 radical (unpaired) electrons. The summed E-state index contributed by atoms with van der Waals surface area (Å²) in [7, 11) is 0. The zero-order chi connectivity index (χ0) is 14.3. The number of nitrogens with one attached hydrogen (secondary N) is 1. The molecule has 1 amide bonds. The molecule has 0 saturated heterocycles. The van der Waals surface area contributed by atoms with Crippen LogP contribution in [0.1, 0.15) is 53.9 Å². The molecule has 106 valence electrons. The van der Waals surface area contributed by atoms with Gasteiger partial charge in [0, 0.05) is 6.04 Å². The van der Waals surface area contributed by atoms with Gasteiger partial charge in [0.2, 0.25) is 0 Å². The zero-order valence-electron chi connectivity index (χ0n) is 11.9. The molecule has 0 aromatic heterocycles. The summed E-state index contributed by atoms with van der Waals surface area (Å²) in [6.07, 6.45) is 1.18. The van der Waals surface area contributed by atoms with E-state index in [9.17, 15) is 9.59 Å². The van der Waals surface area contributed by atoms with Gasteiger partial charge in [-0.05, 0) is 33.1 Å². The standard InChI is InChI=1S/C13H25NO4/c1-6-7-9(2)10(8-11(15)16)14-12(17)18-13(3,4)5/h9-10H,6-8H2,1-5H3,(H,14,17)(H,15,16)/t9-,10+/m1/s1. The van der Waals surface area contributed by atoms with Crippen LogP contribution in [-0.4, -0.2) is 28.8 Å². The van der Waals surface area contributed by atoms with Gasteiger partial charge in [-0.3, -0.25) is 4.79 Å². The van der Waals surface area contributed by atoms with Gasteiger partial charge in [-0.1, -0.05) is 20.3 Å². The molecule has 0 fully saturated rings. The van der Waals surface area contributed by atoms with Crippen LogP contribution in [0, 0.1) is 5.92 Å². The van der Waals surface area contributed by atoms with Gasteiger partial charge in [0.05, 0.1) is 6.42 Å². The topological polar surface area (TPSA) is 75.6 Å². The van der Waals surface area contributed by atoms with Crippen LogP contribution in [0.5, 0.6) is 0 Å². The molecule has 0 aromatic carbocycles. The minimum Gasteiger partial charge on any atom is -0.481 e. The van der Waals surface area contributed by atoms with Crippen molar-refractivity contribution in [2.75, 3.05) is 0 Å². The first kappa shape index (κ1) is 16.7. The quantitative estimate of drug-likeness (QED) is 0.769. The Bertz CT molecular complexity index is 283. The maximum absolute atomic E-state index is 11.6. The van der Waals surface area contributed by atoms with Crippen molar-refractivity contribution in [2.24, 2.45) is 5.92 Å². The minimum absolute atomic E-state index is 0.0829. The number of carboxylic acid groups (broad SMARTS) is 1.